The van der Waals surface area contributed by atoms with E-state index in [0.29, 0.717) is 19.6 Å². The Morgan fingerprint density at radius 3 is 1.81 bits per heavy atom. The number of carbonyl (C=O) groups is 1. The zero-order chi connectivity index (χ0) is 40.9. The lowest BCUT2D eigenvalue weighted by molar-refractivity contribution is -0.539. The van der Waals surface area contributed by atoms with Crippen molar-refractivity contribution in [2.24, 2.45) is 0 Å². The molecular formula is C51H65N4O3+. The van der Waals surface area contributed by atoms with Gasteiger partial charge in [0.25, 0.3) is 0 Å². The monoisotopic (exact) mass is 782 g/mol. The van der Waals surface area contributed by atoms with Gasteiger partial charge in [0.05, 0.1) is 26.3 Å². The lowest BCUT2D eigenvalue weighted by Gasteiger charge is -2.29. The standard InChI is InChI=1S/C51H65N4O3/c1-8-57-48(56)23-10-9-15-36-58-41-28-24-38(25-29-41)37-54-32-34-55(35-33-54)49-39(26-30-46-50(2,3)42-19-11-13-21-44(42)52(46)6)17-16-18-40(49)27-31-47-51(4,5)43-20-12-14-22-45(43)53(47)7/h11-14,19-22,24-31H,8-10,15-18,23,32-37H2,1-7H3/q+1. The van der Waals surface area contributed by atoms with Crippen LogP contribution in [0.25, 0.3) is 0 Å². The minimum Gasteiger partial charge on any atom is -0.494 e. The Hall–Kier alpha value is -4.88. The maximum absolute atomic E-state index is 11.6. The van der Waals surface area contributed by atoms with E-state index in [1.807, 2.05) is 6.92 Å². The Labute approximate surface area is 348 Å². The van der Waals surface area contributed by atoms with Crippen LogP contribution in [0.4, 0.5) is 11.4 Å². The fourth-order valence-corrected chi connectivity index (χ4v) is 9.66. The van der Waals surface area contributed by atoms with E-state index in [9.17, 15) is 4.79 Å². The molecule has 306 valence electrons. The first-order valence-electron chi connectivity index (χ1n) is 21.7. The molecule has 0 amide bonds. The van der Waals surface area contributed by atoms with Crippen molar-refractivity contribution in [2.75, 3.05) is 63.3 Å². The number of allylic oxidation sites excluding steroid dienone is 8. The molecule has 3 aromatic rings. The highest BCUT2D eigenvalue weighted by Crippen LogP contribution is 2.48. The minimum absolute atomic E-state index is 0.0592. The van der Waals surface area contributed by atoms with Crippen LogP contribution >= 0.6 is 0 Å². The summed E-state index contributed by atoms with van der Waals surface area (Å²) in [4.78, 5) is 18.9. The lowest BCUT2D eigenvalue weighted by atomic mass is 9.82. The third kappa shape index (κ3) is 8.75. The van der Waals surface area contributed by atoms with Crippen LogP contribution in [-0.2, 0) is 26.9 Å². The number of esters is 1. The van der Waals surface area contributed by atoms with Crippen LogP contribution in [0.1, 0.15) is 96.3 Å². The number of benzene rings is 3. The highest BCUT2D eigenvalue weighted by Gasteiger charge is 2.39. The van der Waals surface area contributed by atoms with Gasteiger partial charge in [-0.15, -0.1) is 0 Å². The van der Waals surface area contributed by atoms with E-state index < -0.39 is 0 Å². The number of ether oxygens (including phenoxy) is 2. The van der Waals surface area contributed by atoms with Gasteiger partial charge in [0, 0.05) is 71.8 Å². The topological polar surface area (TPSA) is 48.3 Å². The Kier molecular flexibility index (Phi) is 12.8. The van der Waals surface area contributed by atoms with Gasteiger partial charge < -0.3 is 19.3 Å². The summed E-state index contributed by atoms with van der Waals surface area (Å²) in [6.45, 7) is 17.4. The first kappa shape index (κ1) is 41.3. The zero-order valence-corrected chi connectivity index (χ0v) is 36.2. The van der Waals surface area contributed by atoms with Gasteiger partial charge in [-0.25, -0.2) is 4.58 Å². The number of rotatable bonds is 12. The number of carbonyl (C=O) groups excluding carboxylic acids is 1. The van der Waals surface area contributed by atoms with Crippen LogP contribution in [-0.4, -0.2) is 74.6 Å². The molecule has 7 heteroatoms. The number of piperazine rings is 1. The van der Waals surface area contributed by atoms with Gasteiger partial charge in [0.15, 0.2) is 13.1 Å². The van der Waals surface area contributed by atoms with Crippen LogP contribution in [0.2, 0.25) is 0 Å². The summed E-state index contributed by atoms with van der Waals surface area (Å²) in [5.74, 6) is 0.799. The summed E-state index contributed by atoms with van der Waals surface area (Å²) in [7, 11) is 4.44. The number of anilines is 2. The van der Waals surface area contributed by atoms with E-state index >= 15 is 0 Å². The predicted molar refractivity (Wildman–Crippen MR) is 239 cm³/mol. The second-order valence-corrected chi connectivity index (χ2v) is 17.5. The fraction of sp³-hybridized carbons (Fsp3) is 0.451. The van der Waals surface area contributed by atoms with Gasteiger partial charge >= 0.3 is 5.97 Å². The van der Waals surface area contributed by atoms with E-state index in [1.54, 1.807) is 0 Å². The number of unbranched alkanes of at least 4 members (excludes halogenated alkanes) is 2. The van der Waals surface area contributed by atoms with Crippen molar-refractivity contribution in [2.45, 2.75) is 96.9 Å². The maximum atomic E-state index is 11.6. The molecule has 1 saturated carbocycles. The van der Waals surface area contributed by atoms with Crippen LogP contribution < -0.4 is 14.5 Å². The van der Waals surface area contributed by atoms with Gasteiger partial charge in [0.2, 0.25) is 5.71 Å². The Bertz CT molecular complexity index is 2010. The van der Waals surface area contributed by atoms with Crippen molar-refractivity contribution in [3.8, 4) is 5.75 Å². The third-order valence-corrected chi connectivity index (χ3v) is 12.9. The van der Waals surface area contributed by atoms with Crippen molar-refractivity contribution < 1.29 is 18.8 Å². The summed E-state index contributed by atoms with van der Waals surface area (Å²) in [6.07, 6.45) is 16.3. The van der Waals surface area contributed by atoms with E-state index in [1.165, 1.54) is 56.3 Å². The molecule has 0 radical (unpaired) electrons. The lowest BCUT2D eigenvalue weighted by Crippen LogP contribution is -2.44. The molecule has 0 atom stereocenters. The summed E-state index contributed by atoms with van der Waals surface area (Å²) in [6, 6.07) is 26.3. The van der Waals surface area contributed by atoms with Crippen LogP contribution in [0.15, 0.2) is 120 Å². The van der Waals surface area contributed by atoms with Crippen molar-refractivity contribution in [3.63, 3.8) is 0 Å². The Balaban J connectivity index is 1.08. The second kappa shape index (κ2) is 17.9. The SMILES string of the molecule is CCOC(=O)CCCCCOc1ccc(CN2CC[N+](=C3/C(=C/C=C4\N(C)c5ccccc5C4(C)C)CCC/C3=C\C=C3\N(C)c4ccccc4C3(C)C)CC2)cc1. The van der Waals surface area contributed by atoms with E-state index in [2.05, 4.69) is 158 Å². The van der Waals surface area contributed by atoms with Gasteiger partial charge in [-0.3, -0.25) is 9.69 Å². The number of hydrogen-bond donors (Lipinski definition) is 0. The highest BCUT2D eigenvalue weighted by molar-refractivity contribution is 6.10. The van der Waals surface area contributed by atoms with Crippen molar-refractivity contribution in [1.29, 1.82) is 0 Å². The van der Waals surface area contributed by atoms with Crippen molar-refractivity contribution in [1.82, 2.24) is 4.90 Å². The molecule has 7 rings (SSSR count). The first-order valence-corrected chi connectivity index (χ1v) is 21.7. The Morgan fingerprint density at radius 1 is 0.724 bits per heavy atom. The molecule has 3 aliphatic heterocycles. The van der Waals surface area contributed by atoms with Gasteiger partial charge in [-0.2, -0.15) is 0 Å². The molecule has 0 bridgehead atoms. The molecule has 0 spiro atoms. The quantitative estimate of drug-likeness (QED) is 0.104. The summed E-state index contributed by atoms with van der Waals surface area (Å²) >= 11 is 0. The van der Waals surface area contributed by atoms with Crippen LogP contribution in [0, 0.1) is 0 Å². The molecule has 3 heterocycles. The van der Waals surface area contributed by atoms with E-state index in [0.717, 1.165) is 77.0 Å². The number of likely N-dealkylation sites (N-methyl/N-ethyl adjacent to an activating group) is 2. The number of hydrogen-bond acceptors (Lipinski definition) is 6. The van der Waals surface area contributed by atoms with E-state index in [4.69, 9.17) is 9.47 Å². The zero-order valence-electron chi connectivity index (χ0n) is 36.2. The largest absolute Gasteiger partial charge is 0.494 e. The molecule has 0 unspecified atom stereocenters. The molecule has 2 fully saturated rings. The molecule has 58 heavy (non-hydrogen) atoms. The predicted octanol–water partition coefficient (Wildman–Crippen LogP) is 10.1. The average molecular weight is 782 g/mol. The summed E-state index contributed by atoms with van der Waals surface area (Å²) < 4.78 is 13.7. The molecule has 0 aromatic heterocycles. The maximum Gasteiger partial charge on any atom is 0.305 e. The average Bonchev–Trinajstić information content (AvgIpc) is 3.54. The third-order valence-electron chi connectivity index (χ3n) is 12.9. The van der Waals surface area contributed by atoms with Crippen molar-refractivity contribution in [3.05, 3.63) is 136 Å². The summed E-state index contributed by atoms with van der Waals surface area (Å²) in [5.41, 5.74) is 13.6. The normalized spacial score (nSPS) is 21.6. The minimum atomic E-state index is -0.107. The molecular weight excluding hydrogens is 717 g/mol. The van der Waals surface area contributed by atoms with E-state index in [-0.39, 0.29) is 16.8 Å². The van der Waals surface area contributed by atoms with Crippen LogP contribution in [0.5, 0.6) is 5.75 Å². The van der Waals surface area contributed by atoms with Crippen LogP contribution in [0.3, 0.4) is 0 Å². The van der Waals surface area contributed by atoms with Gasteiger partial charge in [-0.1, -0.05) is 88.4 Å². The number of para-hydroxylation sites is 2. The molecule has 7 nitrogen and oxygen atoms in total. The molecule has 3 aromatic carbocycles. The first-order chi connectivity index (χ1) is 28.0. The molecule has 1 saturated heterocycles. The van der Waals surface area contributed by atoms with Crippen molar-refractivity contribution >= 4 is 23.1 Å². The molecule has 0 N–H and O–H groups in total. The number of nitrogens with zero attached hydrogens (tertiary/aromatic N) is 4. The second-order valence-electron chi connectivity index (χ2n) is 17.5. The molecule has 4 aliphatic rings. The fourth-order valence-electron chi connectivity index (χ4n) is 9.66. The summed E-state index contributed by atoms with van der Waals surface area (Å²) in [5, 5.41) is 0. The van der Waals surface area contributed by atoms with Gasteiger partial charge in [-0.05, 0) is 98.6 Å². The van der Waals surface area contributed by atoms with Gasteiger partial charge in [0.1, 0.15) is 5.75 Å². The molecule has 1 aliphatic carbocycles. The number of fused-ring (bicyclic) bond motifs is 2. The smallest absolute Gasteiger partial charge is 0.305 e. The highest BCUT2D eigenvalue weighted by atomic mass is 16.5. The Morgan fingerprint density at radius 2 is 1.28 bits per heavy atom.